The average Bonchev–Trinajstić information content (AvgIpc) is 3.31. The van der Waals surface area contributed by atoms with Crippen molar-refractivity contribution in [3.05, 3.63) is 35.4 Å². The van der Waals surface area contributed by atoms with E-state index in [9.17, 15) is 0 Å². The summed E-state index contributed by atoms with van der Waals surface area (Å²) >= 11 is 0. The average molecular weight is 258 g/mol. The van der Waals surface area contributed by atoms with Crippen molar-refractivity contribution in [1.82, 2.24) is 10.2 Å². The number of hydrogen-bond donors (Lipinski definition) is 1. The smallest absolute Gasteiger partial charge is 0.0208 e. The predicted molar refractivity (Wildman–Crippen MR) is 80.4 cm³/mol. The Kier molecular flexibility index (Phi) is 3.90. The highest BCUT2D eigenvalue weighted by molar-refractivity contribution is 5.33. The Morgan fingerprint density at radius 3 is 2.63 bits per heavy atom. The van der Waals surface area contributed by atoms with Crippen LogP contribution in [-0.4, -0.2) is 30.6 Å². The van der Waals surface area contributed by atoms with Gasteiger partial charge in [-0.2, -0.15) is 0 Å². The van der Waals surface area contributed by atoms with E-state index in [0.717, 1.165) is 25.0 Å². The minimum absolute atomic E-state index is 0.639. The summed E-state index contributed by atoms with van der Waals surface area (Å²) < 4.78 is 0. The Labute approximate surface area is 117 Å². The van der Waals surface area contributed by atoms with Gasteiger partial charge in [-0.3, -0.25) is 4.90 Å². The van der Waals surface area contributed by atoms with Crippen molar-refractivity contribution in [2.45, 2.75) is 57.2 Å². The first-order valence-electron chi connectivity index (χ1n) is 7.76. The minimum atomic E-state index is 0.639. The van der Waals surface area contributed by atoms with Crippen LogP contribution < -0.4 is 5.32 Å². The van der Waals surface area contributed by atoms with Gasteiger partial charge in [-0.15, -0.1) is 0 Å². The van der Waals surface area contributed by atoms with Gasteiger partial charge in [0.15, 0.2) is 0 Å². The number of nitrogens with zero attached hydrogens (tertiary/aromatic N) is 1. The zero-order chi connectivity index (χ0) is 13.2. The summed E-state index contributed by atoms with van der Waals surface area (Å²) in [6, 6.07) is 10.4. The van der Waals surface area contributed by atoms with E-state index in [0.29, 0.717) is 6.04 Å². The van der Waals surface area contributed by atoms with Crippen LogP contribution in [0.1, 0.15) is 49.7 Å². The topological polar surface area (TPSA) is 15.3 Å². The summed E-state index contributed by atoms with van der Waals surface area (Å²) in [4.78, 5) is 2.53. The van der Waals surface area contributed by atoms with Crippen molar-refractivity contribution < 1.29 is 0 Å². The number of benzene rings is 1. The quantitative estimate of drug-likeness (QED) is 0.808. The third-order valence-electron chi connectivity index (χ3n) is 4.65. The Morgan fingerprint density at radius 2 is 1.95 bits per heavy atom. The van der Waals surface area contributed by atoms with Crippen molar-refractivity contribution in [3.63, 3.8) is 0 Å². The van der Waals surface area contributed by atoms with Crippen LogP contribution in [0.25, 0.3) is 0 Å². The molecule has 0 heterocycles. The van der Waals surface area contributed by atoms with Gasteiger partial charge in [-0.05, 0) is 56.7 Å². The van der Waals surface area contributed by atoms with Crippen molar-refractivity contribution in [3.8, 4) is 0 Å². The Hall–Kier alpha value is -0.860. The predicted octanol–water partition coefficient (Wildman–Crippen LogP) is 3.14. The second-order valence-electron chi connectivity index (χ2n) is 6.35. The highest BCUT2D eigenvalue weighted by Crippen LogP contribution is 2.41. The molecule has 0 saturated heterocycles. The summed E-state index contributed by atoms with van der Waals surface area (Å²) in [7, 11) is 2.27. The molecule has 2 aliphatic rings. The highest BCUT2D eigenvalue weighted by Gasteiger charge is 2.29. The molecule has 2 fully saturated rings. The summed E-state index contributed by atoms with van der Waals surface area (Å²) in [6.45, 7) is 4.44. The maximum Gasteiger partial charge on any atom is 0.0208 e. The zero-order valence-corrected chi connectivity index (χ0v) is 12.2. The molecule has 2 saturated carbocycles. The van der Waals surface area contributed by atoms with Gasteiger partial charge in [0.25, 0.3) is 0 Å². The lowest BCUT2D eigenvalue weighted by molar-refractivity contribution is 0.241. The Bertz CT molecular complexity index is 421. The SMILES string of the molecule is CC(CNCc1ccccc1C1CC1)N(C)C1CC1. The van der Waals surface area contributed by atoms with Gasteiger partial charge in [-0.25, -0.2) is 0 Å². The molecule has 104 valence electrons. The molecule has 1 aromatic rings. The molecule has 2 nitrogen and oxygen atoms in total. The first-order chi connectivity index (χ1) is 9.25. The molecule has 2 aliphatic carbocycles. The van der Waals surface area contributed by atoms with Crippen molar-refractivity contribution in [1.29, 1.82) is 0 Å². The molecule has 0 spiro atoms. The van der Waals surface area contributed by atoms with E-state index in [2.05, 4.69) is 48.5 Å². The van der Waals surface area contributed by atoms with E-state index >= 15 is 0 Å². The fourth-order valence-electron chi connectivity index (χ4n) is 2.89. The molecular formula is C17H26N2. The van der Waals surface area contributed by atoms with Gasteiger partial charge >= 0.3 is 0 Å². The summed E-state index contributed by atoms with van der Waals surface area (Å²) in [6.07, 6.45) is 5.56. The molecular weight excluding hydrogens is 232 g/mol. The maximum atomic E-state index is 3.65. The molecule has 0 amide bonds. The zero-order valence-electron chi connectivity index (χ0n) is 12.2. The molecule has 1 N–H and O–H groups in total. The fourth-order valence-corrected chi connectivity index (χ4v) is 2.89. The van der Waals surface area contributed by atoms with Gasteiger partial charge < -0.3 is 5.32 Å². The third kappa shape index (κ3) is 3.37. The van der Waals surface area contributed by atoms with Crippen LogP contribution in [0, 0.1) is 0 Å². The molecule has 1 unspecified atom stereocenters. The molecule has 0 aliphatic heterocycles. The molecule has 0 aromatic heterocycles. The summed E-state index contributed by atoms with van der Waals surface area (Å²) in [5.74, 6) is 0.851. The van der Waals surface area contributed by atoms with Gasteiger partial charge in [0.2, 0.25) is 0 Å². The van der Waals surface area contributed by atoms with Crippen LogP contribution in [0.5, 0.6) is 0 Å². The lowest BCUT2D eigenvalue weighted by Crippen LogP contribution is -2.39. The summed E-state index contributed by atoms with van der Waals surface area (Å²) in [5, 5.41) is 3.65. The van der Waals surface area contributed by atoms with Gasteiger partial charge in [0.05, 0.1) is 0 Å². The summed E-state index contributed by atoms with van der Waals surface area (Å²) in [5.41, 5.74) is 3.09. The van der Waals surface area contributed by atoms with E-state index in [1.54, 1.807) is 5.56 Å². The van der Waals surface area contributed by atoms with Crippen LogP contribution in [0.15, 0.2) is 24.3 Å². The first kappa shape index (κ1) is 13.1. The first-order valence-corrected chi connectivity index (χ1v) is 7.76. The monoisotopic (exact) mass is 258 g/mol. The van der Waals surface area contributed by atoms with Crippen LogP contribution in [0.4, 0.5) is 0 Å². The number of hydrogen-bond acceptors (Lipinski definition) is 2. The van der Waals surface area contributed by atoms with Gasteiger partial charge in [0.1, 0.15) is 0 Å². The largest absolute Gasteiger partial charge is 0.311 e. The van der Waals surface area contributed by atoms with Gasteiger partial charge in [0, 0.05) is 25.2 Å². The van der Waals surface area contributed by atoms with E-state index in [4.69, 9.17) is 0 Å². The molecule has 2 heteroatoms. The third-order valence-corrected chi connectivity index (χ3v) is 4.65. The highest BCUT2D eigenvalue weighted by atomic mass is 15.2. The normalized spacial score (nSPS) is 20.8. The lowest BCUT2D eigenvalue weighted by Gasteiger charge is -2.25. The molecule has 0 bridgehead atoms. The number of nitrogens with one attached hydrogen (secondary N) is 1. The lowest BCUT2D eigenvalue weighted by atomic mass is 10.0. The molecule has 1 aromatic carbocycles. The van der Waals surface area contributed by atoms with Crippen LogP contribution in [0.2, 0.25) is 0 Å². The van der Waals surface area contributed by atoms with Crippen LogP contribution in [0.3, 0.4) is 0 Å². The minimum Gasteiger partial charge on any atom is -0.311 e. The van der Waals surface area contributed by atoms with Gasteiger partial charge in [-0.1, -0.05) is 24.3 Å². The van der Waals surface area contributed by atoms with Crippen molar-refractivity contribution >= 4 is 0 Å². The maximum absolute atomic E-state index is 3.65. The molecule has 19 heavy (non-hydrogen) atoms. The Morgan fingerprint density at radius 1 is 1.21 bits per heavy atom. The molecule has 1 atom stereocenters. The van der Waals surface area contributed by atoms with Crippen LogP contribution >= 0.6 is 0 Å². The standard InChI is InChI=1S/C17H26N2/c1-13(19(2)16-9-10-16)11-18-12-15-5-3-4-6-17(15)14-7-8-14/h3-6,13-14,16,18H,7-12H2,1-2H3. The van der Waals surface area contributed by atoms with Crippen molar-refractivity contribution in [2.24, 2.45) is 0 Å². The van der Waals surface area contributed by atoms with E-state index < -0.39 is 0 Å². The fraction of sp³-hybridized carbons (Fsp3) is 0.647. The number of rotatable bonds is 7. The van der Waals surface area contributed by atoms with Crippen molar-refractivity contribution in [2.75, 3.05) is 13.6 Å². The van der Waals surface area contributed by atoms with E-state index in [-0.39, 0.29) is 0 Å². The molecule has 0 radical (unpaired) electrons. The Balaban J connectivity index is 1.49. The second kappa shape index (κ2) is 5.64. The van der Waals surface area contributed by atoms with E-state index in [1.165, 1.54) is 31.2 Å². The number of likely N-dealkylation sites (N-methyl/N-ethyl adjacent to an activating group) is 1. The van der Waals surface area contributed by atoms with Crippen LogP contribution in [-0.2, 0) is 6.54 Å². The second-order valence-corrected chi connectivity index (χ2v) is 6.35. The van der Waals surface area contributed by atoms with E-state index in [1.807, 2.05) is 0 Å². The molecule has 3 rings (SSSR count).